The number of rotatable bonds is 9. The molecule has 2 N–H and O–H groups in total. The van der Waals surface area contributed by atoms with Gasteiger partial charge in [-0.15, -0.1) is 0 Å². The average Bonchev–Trinajstić information content (AvgIpc) is 3.42. The van der Waals surface area contributed by atoms with Gasteiger partial charge in [-0.2, -0.15) is 11.3 Å². The van der Waals surface area contributed by atoms with E-state index in [1.165, 1.54) is 11.0 Å². The summed E-state index contributed by atoms with van der Waals surface area (Å²) in [5.74, 6) is -1.10. The SMILES string of the molecule is CCN(CC)C(CNC(=O)C1CC(O)CN1C(=O)Cc1ccccc1F)c1ccsc1. The quantitative estimate of drug-likeness (QED) is 0.620. The largest absolute Gasteiger partial charge is 0.391 e. The molecule has 2 amide bonds. The third-order valence-corrected chi connectivity index (χ3v) is 6.55. The Bertz CT molecular complexity index is 873. The van der Waals surface area contributed by atoms with Gasteiger partial charge in [-0.25, -0.2) is 4.39 Å². The van der Waals surface area contributed by atoms with Crippen LogP contribution in [0.1, 0.15) is 37.4 Å². The Labute approximate surface area is 186 Å². The van der Waals surface area contributed by atoms with Crippen LogP contribution >= 0.6 is 11.3 Å². The van der Waals surface area contributed by atoms with Crippen molar-refractivity contribution in [3.63, 3.8) is 0 Å². The number of benzene rings is 1. The molecule has 3 rings (SSSR count). The van der Waals surface area contributed by atoms with E-state index in [0.717, 1.165) is 18.7 Å². The van der Waals surface area contributed by atoms with Crippen molar-refractivity contribution in [3.05, 3.63) is 58.0 Å². The second-order valence-corrected chi connectivity index (χ2v) is 8.54. The predicted octanol–water partition coefficient (Wildman–Crippen LogP) is 2.59. The van der Waals surface area contributed by atoms with Gasteiger partial charge in [0.1, 0.15) is 11.9 Å². The first kappa shape index (κ1) is 23.4. The molecule has 1 aliphatic rings. The number of nitrogens with zero attached hydrogens (tertiary/aromatic N) is 2. The highest BCUT2D eigenvalue weighted by atomic mass is 32.1. The highest BCUT2D eigenvalue weighted by Crippen LogP contribution is 2.24. The van der Waals surface area contributed by atoms with E-state index in [0.29, 0.717) is 6.54 Å². The van der Waals surface area contributed by atoms with Gasteiger partial charge in [0, 0.05) is 19.5 Å². The molecule has 0 spiro atoms. The van der Waals surface area contributed by atoms with Crippen LogP contribution in [-0.4, -0.2) is 65.0 Å². The Morgan fingerprint density at radius 1 is 1.29 bits per heavy atom. The van der Waals surface area contributed by atoms with E-state index in [4.69, 9.17) is 0 Å². The zero-order chi connectivity index (χ0) is 22.4. The van der Waals surface area contributed by atoms with E-state index < -0.39 is 18.0 Å². The van der Waals surface area contributed by atoms with Gasteiger partial charge in [-0.05, 0) is 47.1 Å². The van der Waals surface area contributed by atoms with Crippen LogP contribution in [0.15, 0.2) is 41.1 Å². The van der Waals surface area contributed by atoms with Crippen molar-refractivity contribution >= 4 is 23.2 Å². The molecule has 168 valence electrons. The number of aliphatic hydroxyl groups excluding tert-OH is 1. The van der Waals surface area contributed by atoms with E-state index >= 15 is 0 Å². The van der Waals surface area contributed by atoms with Gasteiger partial charge in [-0.1, -0.05) is 32.0 Å². The van der Waals surface area contributed by atoms with Gasteiger partial charge in [0.15, 0.2) is 0 Å². The number of likely N-dealkylation sites (tertiary alicyclic amines) is 1. The lowest BCUT2D eigenvalue weighted by Crippen LogP contribution is -2.48. The van der Waals surface area contributed by atoms with Gasteiger partial charge >= 0.3 is 0 Å². The van der Waals surface area contributed by atoms with Crippen LogP contribution in [0.5, 0.6) is 0 Å². The van der Waals surface area contributed by atoms with Crippen molar-refractivity contribution in [2.45, 2.75) is 44.9 Å². The van der Waals surface area contributed by atoms with Crippen LogP contribution in [-0.2, 0) is 16.0 Å². The maximum absolute atomic E-state index is 14.0. The third-order valence-electron chi connectivity index (χ3n) is 5.85. The Balaban J connectivity index is 1.67. The molecule has 1 aliphatic heterocycles. The molecule has 31 heavy (non-hydrogen) atoms. The fourth-order valence-corrected chi connectivity index (χ4v) is 4.85. The first-order valence-electron chi connectivity index (χ1n) is 10.7. The Morgan fingerprint density at radius 3 is 2.68 bits per heavy atom. The number of carbonyl (C=O) groups excluding carboxylic acids is 2. The molecule has 0 aliphatic carbocycles. The van der Waals surface area contributed by atoms with E-state index in [1.54, 1.807) is 29.5 Å². The molecule has 1 aromatic heterocycles. The normalized spacial score (nSPS) is 19.6. The minimum atomic E-state index is -0.768. The summed E-state index contributed by atoms with van der Waals surface area (Å²) in [4.78, 5) is 29.5. The lowest BCUT2D eigenvalue weighted by molar-refractivity contribution is -0.138. The fourth-order valence-electron chi connectivity index (χ4n) is 4.15. The number of halogens is 1. The van der Waals surface area contributed by atoms with Gasteiger partial charge in [0.05, 0.1) is 18.6 Å². The van der Waals surface area contributed by atoms with Gasteiger partial charge < -0.3 is 15.3 Å². The molecule has 0 saturated carbocycles. The van der Waals surface area contributed by atoms with Crippen LogP contribution in [0.3, 0.4) is 0 Å². The molecule has 3 unspecified atom stereocenters. The molecule has 1 aromatic carbocycles. The molecule has 2 aromatic rings. The topological polar surface area (TPSA) is 72.9 Å². The number of nitrogens with one attached hydrogen (secondary N) is 1. The van der Waals surface area contributed by atoms with Crippen LogP contribution < -0.4 is 5.32 Å². The van der Waals surface area contributed by atoms with Crippen molar-refractivity contribution in [1.29, 1.82) is 0 Å². The number of likely N-dealkylation sites (N-methyl/N-ethyl adjacent to an activating group) is 1. The molecule has 2 heterocycles. The van der Waals surface area contributed by atoms with Crippen LogP contribution in [0.4, 0.5) is 4.39 Å². The Morgan fingerprint density at radius 2 is 2.03 bits per heavy atom. The van der Waals surface area contributed by atoms with Crippen LogP contribution in [0.2, 0.25) is 0 Å². The Kier molecular flexibility index (Phi) is 8.17. The highest BCUT2D eigenvalue weighted by Gasteiger charge is 2.39. The lowest BCUT2D eigenvalue weighted by atomic mass is 10.1. The van der Waals surface area contributed by atoms with Crippen LogP contribution in [0, 0.1) is 5.82 Å². The molecule has 8 heteroatoms. The summed E-state index contributed by atoms with van der Waals surface area (Å²) in [5, 5.41) is 17.2. The van der Waals surface area contributed by atoms with E-state index in [1.807, 2.05) is 5.38 Å². The summed E-state index contributed by atoms with van der Waals surface area (Å²) in [6, 6.07) is 7.45. The van der Waals surface area contributed by atoms with E-state index in [9.17, 15) is 19.1 Å². The minimum absolute atomic E-state index is 0.0408. The second-order valence-electron chi connectivity index (χ2n) is 7.76. The zero-order valence-electron chi connectivity index (χ0n) is 18.0. The lowest BCUT2D eigenvalue weighted by Gasteiger charge is -2.30. The predicted molar refractivity (Wildman–Crippen MR) is 119 cm³/mol. The summed E-state index contributed by atoms with van der Waals surface area (Å²) in [5.41, 5.74) is 1.43. The fraction of sp³-hybridized carbons (Fsp3) is 0.478. The summed E-state index contributed by atoms with van der Waals surface area (Å²) in [6.07, 6.45) is -0.723. The van der Waals surface area contributed by atoms with Gasteiger partial charge in [-0.3, -0.25) is 14.5 Å². The number of β-amino-alcohol motifs (C(OH)–C–C–N with tert-alkyl or cyclic N) is 1. The first-order chi connectivity index (χ1) is 14.9. The maximum Gasteiger partial charge on any atom is 0.242 e. The average molecular weight is 448 g/mol. The monoisotopic (exact) mass is 447 g/mol. The molecule has 3 atom stereocenters. The number of thiophene rings is 1. The smallest absolute Gasteiger partial charge is 0.242 e. The number of carbonyl (C=O) groups is 2. The molecule has 1 saturated heterocycles. The summed E-state index contributed by atoms with van der Waals surface area (Å²) >= 11 is 1.62. The van der Waals surface area contributed by atoms with Crippen molar-refractivity contribution in [3.8, 4) is 0 Å². The van der Waals surface area contributed by atoms with Gasteiger partial charge in [0.2, 0.25) is 11.8 Å². The second kappa shape index (κ2) is 10.8. The number of aliphatic hydroxyl groups is 1. The van der Waals surface area contributed by atoms with Crippen LogP contribution in [0.25, 0.3) is 0 Å². The number of amides is 2. The molecular formula is C23H30FN3O3S. The maximum atomic E-state index is 14.0. The van der Waals surface area contributed by atoms with Crippen molar-refractivity contribution < 1.29 is 19.1 Å². The van der Waals surface area contributed by atoms with Crippen molar-refractivity contribution in [1.82, 2.24) is 15.1 Å². The zero-order valence-corrected chi connectivity index (χ0v) is 18.8. The number of hydrogen-bond acceptors (Lipinski definition) is 5. The molecule has 0 bridgehead atoms. The molecule has 0 radical (unpaired) electrons. The standard InChI is InChI=1S/C23H30FN3O3S/c1-3-26(4-2)21(17-9-10-31-15-17)13-25-23(30)20-12-18(28)14-27(20)22(29)11-16-7-5-6-8-19(16)24/h5-10,15,18,20-21,28H,3-4,11-14H2,1-2H3,(H,25,30). The number of hydrogen-bond donors (Lipinski definition) is 2. The summed E-state index contributed by atoms with van der Waals surface area (Å²) in [7, 11) is 0. The van der Waals surface area contributed by atoms with E-state index in [2.05, 4.69) is 35.5 Å². The molecule has 6 nitrogen and oxygen atoms in total. The first-order valence-corrected chi connectivity index (χ1v) is 11.6. The summed E-state index contributed by atoms with van der Waals surface area (Å²) in [6.45, 7) is 6.36. The summed E-state index contributed by atoms with van der Waals surface area (Å²) < 4.78 is 14.0. The van der Waals surface area contributed by atoms with Crippen molar-refractivity contribution in [2.75, 3.05) is 26.2 Å². The minimum Gasteiger partial charge on any atom is -0.391 e. The molecular weight excluding hydrogens is 417 g/mol. The molecule has 1 fully saturated rings. The highest BCUT2D eigenvalue weighted by molar-refractivity contribution is 7.07. The van der Waals surface area contributed by atoms with Crippen molar-refractivity contribution in [2.24, 2.45) is 0 Å². The van der Waals surface area contributed by atoms with E-state index in [-0.39, 0.29) is 42.8 Å². The Hall–Kier alpha value is -2.29. The van der Waals surface area contributed by atoms with Gasteiger partial charge in [0.25, 0.3) is 0 Å². The third kappa shape index (κ3) is 5.70.